The van der Waals surface area contributed by atoms with Crippen molar-refractivity contribution < 1.29 is 19.1 Å². The Morgan fingerprint density at radius 2 is 1.89 bits per heavy atom. The van der Waals surface area contributed by atoms with Crippen molar-refractivity contribution >= 4 is 103 Å². The van der Waals surface area contributed by atoms with Crippen LogP contribution < -0.4 is 19.7 Å². The van der Waals surface area contributed by atoms with Gasteiger partial charge in [-0.1, -0.05) is 45.2 Å². The number of ether oxygens (including phenoxy) is 2. The fourth-order valence-corrected chi connectivity index (χ4v) is 5.66. The average molecular weight is 732 g/mol. The number of benzene rings is 3. The molecule has 1 aliphatic heterocycles. The zero-order valence-electron chi connectivity index (χ0n) is 19.4. The number of nitrogens with zero attached hydrogens (tertiary/aromatic N) is 1. The van der Waals surface area contributed by atoms with E-state index in [-0.39, 0.29) is 17.3 Å². The summed E-state index contributed by atoms with van der Waals surface area (Å²) in [5.74, 6) is -0.161. The molecular formula is C26H18BrCl2IN2O4S. The molecule has 4 rings (SSSR count). The van der Waals surface area contributed by atoms with Crippen molar-refractivity contribution in [1.82, 2.24) is 5.32 Å². The van der Waals surface area contributed by atoms with Crippen LogP contribution in [0.3, 0.4) is 0 Å². The van der Waals surface area contributed by atoms with Crippen LogP contribution in [-0.2, 0) is 16.2 Å². The fourth-order valence-electron chi connectivity index (χ4n) is 3.66. The molecule has 1 fully saturated rings. The van der Waals surface area contributed by atoms with E-state index in [0.717, 1.165) is 15.6 Å². The fraction of sp³-hybridized carbons (Fsp3) is 0.115. The van der Waals surface area contributed by atoms with Crippen LogP contribution in [0.4, 0.5) is 5.69 Å². The highest BCUT2D eigenvalue weighted by Crippen LogP contribution is 2.36. The molecule has 0 aromatic heterocycles. The Hall–Kier alpha value is -2.18. The number of methoxy groups -OCH3 is 1. The number of rotatable bonds is 6. The Bertz CT molecular complexity index is 1480. The van der Waals surface area contributed by atoms with Crippen molar-refractivity contribution in [3.8, 4) is 11.5 Å². The van der Waals surface area contributed by atoms with Crippen LogP contribution in [0.15, 0.2) is 58.6 Å². The summed E-state index contributed by atoms with van der Waals surface area (Å²) < 4.78 is 13.1. The molecule has 0 spiro atoms. The third kappa shape index (κ3) is 6.12. The molecular weight excluding hydrogens is 714 g/mol. The van der Waals surface area contributed by atoms with Gasteiger partial charge in [0.15, 0.2) is 16.6 Å². The van der Waals surface area contributed by atoms with E-state index in [1.165, 1.54) is 18.1 Å². The molecule has 0 radical (unpaired) electrons. The smallest absolute Gasteiger partial charge is 0.270 e. The Kier molecular flexibility index (Phi) is 8.80. The van der Waals surface area contributed by atoms with Crippen LogP contribution in [0.25, 0.3) is 6.08 Å². The van der Waals surface area contributed by atoms with Gasteiger partial charge in [0.05, 0.1) is 16.4 Å². The van der Waals surface area contributed by atoms with E-state index >= 15 is 0 Å². The Morgan fingerprint density at radius 3 is 2.57 bits per heavy atom. The molecule has 2 amide bonds. The average Bonchev–Trinajstić information content (AvgIpc) is 2.83. The van der Waals surface area contributed by atoms with E-state index in [1.807, 2.05) is 13.0 Å². The van der Waals surface area contributed by atoms with Crippen LogP contribution in [0.2, 0.25) is 10.0 Å². The maximum Gasteiger partial charge on any atom is 0.270 e. The number of carbonyl (C=O) groups is 2. The van der Waals surface area contributed by atoms with Crippen LogP contribution >= 0.6 is 73.9 Å². The Balaban J connectivity index is 1.65. The molecule has 0 unspecified atom stereocenters. The first-order chi connectivity index (χ1) is 17.6. The van der Waals surface area contributed by atoms with Gasteiger partial charge >= 0.3 is 0 Å². The number of aryl methyl sites for hydroxylation is 1. The van der Waals surface area contributed by atoms with Gasteiger partial charge in [0, 0.05) is 20.1 Å². The lowest BCUT2D eigenvalue weighted by Crippen LogP contribution is -2.54. The lowest BCUT2D eigenvalue weighted by atomic mass is 10.1. The second-order valence-electron chi connectivity index (χ2n) is 7.95. The van der Waals surface area contributed by atoms with E-state index in [9.17, 15) is 9.59 Å². The monoisotopic (exact) mass is 730 g/mol. The van der Waals surface area contributed by atoms with E-state index in [0.29, 0.717) is 36.4 Å². The van der Waals surface area contributed by atoms with Gasteiger partial charge in [0.1, 0.15) is 12.2 Å². The Labute approximate surface area is 251 Å². The number of nitrogens with one attached hydrogen (secondary N) is 1. The van der Waals surface area contributed by atoms with E-state index in [2.05, 4.69) is 43.8 Å². The molecule has 1 heterocycles. The predicted octanol–water partition coefficient (Wildman–Crippen LogP) is 7.09. The lowest BCUT2D eigenvalue weighted by molar-refractivity contribution is -0.122. The second-order valence-corrected chi connectivity index (χ2v) is 11.3. The van der Waals surface area contributed by atoms with Gasteiger partial charge in [0.25, 0.3) is 11.8 Å². The van der Waals surface area contributed by atoms with Crippen LogP contribution in [-0.4, -0.2) is 24.0 Å². The molecule has 3 aromatic rings. The maximum absolute atomic E-state index is 13.4. The predicted molar refractivity (Wildman–Crippen MR) is 162 cm³/mol. The van der Waals surface area contributed by atoms with Crippen molar-refractivity contribution in [3.63, 3.8) is 0 Å². The van der Waals surface area contributed by atoms with Crippen LogP contribution in [0.1, 0.15) is 16.7 Å². The molecule has 0 atom stereocenters. The van der Waals surface area contributed by atoms with Gasteiger partial charge in [-0.05, 0) is 101 Å². The molecule has 0 aliphatic carbocycles. The van der Waals surface area contributed by atoms with Crippen molar-refractivity contribution in [2.75, 3.05) is 12.0 Å². The topological polar surface area (TPSA) is 67.9 Å². The molecule has 1 aliphatic rings. The van der Waals surface area contributed by atoms with Gasteiger partial charge in [-0.25, -0.2) is 0 Å². The Morgan fingerprint density at radius 1 is 1.14 bits per heavy atom. The molecule has 0 bridgehead atoms. The summed E-state index contributed by atoms with van der Waals surface area (Å²) in [6.07, 6.45) is 1.51. The first-order valence-electron chi connectivity index (χ1n) is 10.7. The first kappa shape index (κ1) is 27.8. The quantitative estimate of drug-likeness (QED) is 0.127. The van der Waals surface area contributed by atoms with Crippen molar-refractivity contribution in [1.29, 1.82) is 0 Å². The summed E-state index contributed by atoms with van der Waals surface area (Å²) in [5, 5.41) is 3.66. The molecule has 1 saturated heterocycles. The SMILES string of the molecule is COc1cc(C=C2C(=O)NC(=S)N(c3ccc(Br)cc3C)C2=O)cc(I)c1OCc1ccc(Cl)cc1Cl. The van der Waals surface area contributed by atoms with Gasteiger partial charge in [-0.3, -0.25) is 19.8 Å². The largest absolute Gasteiger partial charge is 0.493 e. The van der Waals surface area contributed by atoms with E-state index < -0.39 is 11.8 Å². The van der Waals surface area contributed by atoms with Crippen molar-refractivity contribution in [2.45, 2.75) is 13.5 Å². The minimum Gasteiger partial charge on any atom is -0.493 e. The summed E-state index contributed by atoms with van der Waals surface area (Å²) >= 11 is 23.1. The summed E-state index contributed by atoms with van der Waals surface area (Å²) in [6, 6.07) is 14.1. The molecule has 0 saturated carbocycles. The number of anilines is 1. The number of halogens is 4. The first-order valence-corrected chi connectivity index (χ1v) is 13.7. The van der Waals surface area contributed by atoms with E-state index in [1.54, 1.807) is 42.5 Å². The highest BCUT2D eigenvalue weighted by Gasteiger charge is 2.35. The number of hydrogen-bond donors (Lipinski definition) is 1. The van der Waals surface area contributed by atoms with Gasteiger partial charge in [0.2, 0.25) is 0 Å². The third-order valence-electron chi connectivity index (χ3n) is 5.45. The molecule has 3 aromatic carbocycles. The normalized spacial score (nSPS) is 14.7. The molecule has 11 heteroatoms. The minimum absolute atomic E-state index is 0.0225. The summed E-state index contributed by atoms with van der Waals surface area (Å²) in [5.41, 5.74) is 2.69. The number of amides is 2. The van der Waals surface area contributed by atoms with Gasteiger partial charge in [-0.2, -0.15) is 0 Å². The zero-order chi connectivity index (χ0) is 26.9. The minimum atomic E-state index is -0.576. The maximum atomic E-state index is 13.4. The van der Waals surface area contributed by atoms with Crippen LogP contribution in [0, 0.1) is 10.5 Å². The van der Waals surface area contributed by atoms with Crippen molar-refractivity contribution in [2.24, 2.45) is 0 Å². The summed E-state index contributed by atoms with van der Waals surface area (Å²) in [6.45, 7) is 2.06. The molecule has 1 N–H and O–H groups in total. The highest BCUT2D eigenvalue weighted by atomic mass is 127. The number of carbonyl (C=O) groups excluding carboxylic acids is 2. The molecule has 6 nitrogen and oxygen atoms in total. The summed E-state index contributed by atoms with van der Waals surface area (Å²) in [7, 11) is 1.51. The second kappa shape index (κ2) is 11.7. The van der Waals surface area contributed by atoms with E-state index in [4.69, 9.17) is 44.9 Å². The standard InChI is InChI=1S/C26H18BrCl2IN2O4S/c1-13-7-16(27)4-6-21(13)32-25(34)18(24(33)31-26(32)37)8-14-9-20(30)23(22(10-14)35-2)36-12-15-3-5-17(28)11-19(15)29/h3-11H,12H2,1-2H3,(H,31,33,37). The molecule has 37 heavy (non-hydrogen) atoms. The summed E-state index contributed by atoms with van der Waals surface area (Å²) in [4.78, 5) is 27.5. The van der Waals surface area contributed by atoms with Gasteiger partial charge in [-0.15, -0.1) is 0 Å². The lowest BCUT2D eigenvalue weighted by Gasteiger charge is -2.30. The van der Waals surface area contributed by atoms with Crippen LogP contribution in [0.5, 0.6) is 11.5 Å². The highest BCUT2D eigenvalue weighted by molar-refractivity contribution is 14.1. The van der Waals surface area contributed by atoms with Crippen molar-refractivity contribution in [3.05, 3.63) is 88.9 Å². The van der Waals surface area contributed by atoms with Gasteiger partial charge < -0.3 is 9.47 Å². The number of thiocarbonyl (C=S) groups is 1. The molecule has 190 valence electrons. The number of hydrogen-bond acceptors (Lipinski definition) is 5. The third-order valence-corrected chi connectivity index (χ3v) is 7.62. The zero-order valence-corrected chi connectivity index (χ0v) is 25.5.